The van der Waals surface area contributed by atoms with E-state index >= 15 is 0 Å². The number of hydrogen-bond acceptors (Lipinski definition) is 4. The summed E-state index contributed by atoms with van der Waals surface area (Å²) in [6, 6.07) is 8.92. The third kappa shape index (κ3) is 3.07. The van der Waals surface area contributed by atoms with Crippen molar-refractivity contribution >= 4 is 23.1 Å². The number of hydrogen-bond donors (Lipinski definition) is 0. The van der Waals surface area contributed by atoms with Crippen LogP contribution in [0.1, 0.15) is 29.8 Å². The molecule has 2 aromatic rings. The second-order valence-electron chi connectivity index (χ2n) is 4.50. The Labute approximate surface area is 117 Å². The molecule has 0 amide bonds. The summed E-state index contributed by atoms with van der Waals surface area (Å²) >= 11 is 7.26. The van der Waals surface area contributed by atoms with Gasteiger partial charge >= 0.3 is 0 Å². The highest BCUT2D eigenvalue weighted by Gasteiger charge is 2.15. The van der Waals surface area contributed by atoms with Crippen molar-refractivity contribution in [3.05, 3.63) is 45.4 Å². The van der Waals surface area contributed by atoms with E-state index in [2.05, 4.69) is 59.6 Å². The first-order chi connectivity index (χ1) is 8.58. The smallest absolute Gasteiger partial charge is 0.138 e. The number of nitrogens with zero attached hydrogens (tertiary/aromatic N) is 3. The molecule has 0 bridgehead atoms. The summed E-state index contributed by atoms with van der Waals surface area (Å²) in [5.74, 6) is 0. The molecule has 0 saturated carbocycles. The zero-order valence-corrected chi connectivity index (χ0v) is 12.3. The highest BCUT2D eigenvalue weighted by Crippen LogP contribution is 2.24. The maximum absolute atomic E-state index is 6.02. The molecule has 0 N–H and O–H groups in total. The van der Waals surface area contributed by atoms with Crippen LogP contribution in [0.5, 0.6) is 0 Å². The molecule has 0 aliphatic heterocycles. The van der Waals surface area contributed by atoms with Crippen molar-refractivity contribution in [2.75, 3.05) is 7.05 Å². The van der Waals surface area contributed by atoms with E-state index < -0.39 is 0 Å². The Hall–Kier alpha value is -0.970. The lowest BCUT2D eigenvalue weighted by Crippen LogP contribution is -2.22. The summed E-state index contributed by atoms with van der Waals surface area (Å²) in [5, 5.41) is 4.04. The van der Waals surface area contributed by atoms with Gasteiger partial charge < -0.3 is 0 Å². The number of aryl methyl sites for hydroxylation is 1. The van der Waals surface area contributed by atoms with Gasteiger partial charge in [0.2, 0.25) is 0 Å². The van der Waals surface area contributed by atoms with Gasteiger partial charge in [0.25, 0.3) is 0 Å². The molecule has 5 heteroatoms. The Bertz CT molecular complexity index is 509. The van der Waals surface area contributed by atoms with Crippen molar-refractivity contribution in [2.24, 2.45) is 0 Å². The van der Waals surface area contributed by atoms with Crippen LogP contribution in [0.3, 0.4) is 0 Å². The van der Waals surface area contributed by atoms with Crippen molar-refractivity contribution < 1.29 is 0 Å². The van der Waals surface area contributed by atoms with Crippen LogP contribution in [0.15, 0.2) is 24.3 Å². The van der Waals surface area contributed by atoms with Crippen molar-refractivity contribution in [1.82, 2.24) is 14.5 Å². The standard InChI is InChI=1S/C13H16ClN3S/c1-9-4-6-11(7-5-9)10(2)17(3)8-12-13(14)18-16-15-12/h4-7,10H,8H2,1-3H3/t10-/m0/s1. The molecule has 0 spiro atoms. The molecular weight excluding hydrogens is 266 g/mol. The first-order valence-corrected chi connectivity index (χ1v) is 6.96. The van der Waals surface area contributed by atoms with Crippen LogP contribution in [0.2, 0.25) is 4.34 Å². The quantitative estimate of drug-likeness (QED) is 0.856. The molecule has 96 valence electrons. The number of halogens is 1. The van der Waals surface area contributed by atoms with Gasteiger partial charge in [0.1, 0.15) is 10.0 Å². The van der Waals surface area contributed by atoms with E-state index in [9.17, 15) is 0 Å². The molecule has 1 heterocycles. The lowest BCUT2D eigenvalue weighted by Gasteiger charge is -2.24. The maximum Gasteiger partial charge on any atom is 0.138 e. The van der Waals surface area contributed by atoms with E-state index in [0.717, 1.165) is 5.69 Å². The normalized spacial score (nSPS) is 12.9. The number of benzene rings is 1. The topological polar surface area (TPSA) is 29.0 Å². The lowest BCUT2D eigenvalue weighted by atomic mass is 10.1. The highest BCUT2D eigenvalue weighted by atomic mass is 35.5. The Morgan fingerprint density at radius 3 is 2.56 bits per heavy atom. The summed E-state index contributed by atoms with van der Waals surface area (Å²) in [7, 11) is 2.07. The largest absolute Gasteiger partial charge is 0.294 e. The molecule has 0 unspecified atom stereocenters. The minimum Gasteiger partial charge on any atom is -0.294 e. The van der Waals surface area contributed by atoms with Gasteiger partial charge in [0, 0.05) is 24.1 Å². The average Bonchev–Trinajstić information content (AvgIpc) is 2.75. The van der Waals surface area contributed by atoms with Crippen LogP contribution in [-0.4, -0.2) is 21.5 Å². The van der Waals surface area contributed by atoms with Crippen LogP contribution >= 0.6 is 23.1 Å². The van der Waals surface area contributed by atoms with Crippen molar-refractivity contribution in [3.8, 4) is 0 Å². The monoisotopic (exact) mass is 281 g/mol. The van der Waals surface area contributed by atoms with Gasteiger partial charge in [-0.2, -0.15) is 0 Å². The van der Waals surface area contributed by atoms with Crippen LogP contribution in [0.4, 0.5) is 0 Å². The second-order valence-corrected chi connectivity index (χ2v) is 5.85. The molecule has 3 nitrogen and oxygen atoms in total. The lowest BCUT2D eigenvalue weighted by molar-refractivity contribution is 0.250. The van der Waals surface area contributed by atoms with Crippen LogP contribution in [0.25, 0.3) is 0 Å². The van der Waals surface area contributed by atoms with E-state index in [1.54, 1.807) is 0 Å². The van der Waals surface area contributed by atoms with Gasteiger partial charge in [-0.3, -0.25) is 4.90 Å². The number of aromatic nitrogens is 2. The van der Waals surface area contributed by atoms with Gasteiger partial charge in [-0.25, -0.2) is 0 Å². The minimum atomic E-state index is 0.323. The highest BCUT2D eigenvalue weighted by molar-refractivity contribution is 7.10. The fraction of sp³-hybridized carbons (Fsp3) is 0.385. The zero-order chi connectivity index (χ0) is 13.1. The van der Waals surface area contributed by atoms with Crippen LogP contribution in [0, 0.1) is 6.92 Å². The average molecular weight is 282 g/mol. The van der Waals surface area contributed by atoms with E-state index in [-0.39, 0.29) is 0 Å². The van der Waals surface area contributed by atoms with E-state index in [1.165, 1.54) is 22.7 Å². The molecule has 1 atom stereocenters. The molecule has 0 saturated heterocycles. The Morgan fingerprint density at radius 2 is 2.00 bits per heavy atom. The molecule has 1 aromatic carbocycles. The van der Waals surface area contributed by atoms with Gasteiger partial charge in [0.15, 0.2) is 0 Å². The molecule has 0 radical (unpaired) electrons. The summed E-state index contributed by atoms with van der Waals surface area (Å²) < 4.78 is 4.53. The van der Waals surface area contributed by atoms with E-state index in [1.807, 2.05) is 0 Å². The summed E-state index contributed by atoms with van der Waals surface area (Å²) in [4.78, 5) is 2.22. The SMILES string of the molecule is Cc1ccc([C@H](C)N(C)Cc2nnsc2Cl)cc1. The molecule has 0 aliphatic rings. The predicted molar refractivity (Wildman–Crippen MR) is 76.0 cm³/mol. The van der Waals surface area contributed by atoms with Gasteiger partial charge in [-0.1, -0.05) is 45.9 Å². The van der Waals surface area contributed by atoms with Gasteiger partial charge in [-0.15, -0.1) is 5.10 Å². The third-order valence-corrected chi connectivity index (χ3v) is 4.11. The van der Waals surface area contributed by atoms with E-state index in [0.29, 0.717) is 16.9 Å². The predicted octanol–water partition coefficient (Wildman–Crippen LogP) is 3.69. The first kappa shape index (κ1) is 13.5. The molecule has 0 aliphatic carbocycles. The Kier molecular flexibility index (Phi) is 4.32. The molecule has 2 rings (SSSR count). The van der Waals surface area contributed by atoms with Gasteiger partial charge in [0.05, 0.1) is 0 Å². The maximum atomic E-state index is 6.02. The van der Waals surface area contributed by atoms with Crippen molar-refractivity contribution in [3.63, 3.8) is 0 Å². The molecule has 18 heavy (non-hydrogen) atoms. The summed E-state index contributed by atoms with van der Waals surface area (Å²) in [6.07, 6.45) is 0. The summed E-state index contributed by atoms with van der Waals surface area (Å²) in [5.41, 5.74) is 3.42. The second kappa shape index (κ2) is 5.78. The molecule has 0 fully saturated rings. The van der Waals surface area contributed by atoms with Crippen LogP contribution < -0.4 is 0 Å². The van der Waals surface area contributed by atoms with Crippen molar-refractivity contribution in [2.45, 2.75) is 26.4 Å². The van der Waals surface area contributed by atoms with Crippen molar-refractivity contribution in [1.29, 1.82) is 0 Å². The first-order valence-electron chi connectivity index (χ1n) is 5.81. The van der Waals surface area contributed by atoms with Crippen LogP contribution in [-0.2, 0) is 6.54 Å². The van der Waals surface area contributed by atoms with E-state index in [4.69, 9.17) is 11.6 Å². The summed E-state index contributed by atoms with van der Waals surface area (Å²) in [6.45, 7) is 4.99. The third-order valence-electron chi connectivity index (χ3n) is 3.13. The fourth-order valence-corrected chi connectivity index (χ4v) is 2.38. The molecular formula is C13H16ClN3S. The Morgan fingerprint density at radius 1 is 1.33 bits per heavy atom. The zero-order valence-electron chi connectivity index (χ0n) is 10.7. The van der Waals surface area contributed by atoms with Gasteiger partial charge in [-0.05, 0) is 26.5 Å². The molecule has 1 aromatic heterocycles. The number of rotatable bonds is 4. The Balaban J connectivity index is 2.07. The fourth-order valence-electron chi connectivity index (χ4n) is 1.76. The minimum absolute atomic E-state index is 0.323.